The Kier molecular flexibility index (Phi) is 113. The van der Waals surface area contributed by atoms with Crippen molar-refractivity contribution in [1.29, 1.82) is 0 Å². The molecule has 27 valence electrons. The number of hydrogen-bond acceptors (Lipinski definition) is 0. The molecule has 0 atom stereocenters. The van der Waals surface area contributed by atoms with Crippen LogP contribution in [-0.2, 0) is 0 Å². The topological polar surface area (TPSA) is 0 Å². The standard InChI is InChI=1S/3HI.Tl/h3*1H;. The summed E-state index contributed by atoms with van der Waals surface area (Å²) in [4.78, 5) is 0. The third kappa shape index (κ3) is 8.93. The Morgan fingerprint density at radius 3 is 0.500 bits per heavy atom. The molecule has 0 aliphatic heterocycles. The maximum Gasteiger partial charge on any atom is 0 e. The molecule has 4 heavy (non-hydrogen) atoms. The summed E-state index contributed by atoms with van der Waals surface area (Å²) < 4.78 is 0. The molecule has 0 aliphatic carbocycles. The molecule has 0 aromatic carbocycles. The molecule has 0 spiro atoms. The molecule has 0 aromatic rings. The third-order valence-electron chi connectivity index (χ3n) is 0. The van der Waals surface area contributed by atoms with Gasteiger partial charge in [-0.15, -0.1) is 71.9 Å². The van der Waals surface area contributed by atoms with Crippen LogP contribution < -0.4 is 0 Å². The van der Waals surface area contributed by atoms with E-state index >= 15 is 0 Å². The summed E-state index contributed by atoms with van der Waals surface area (Å²) in [6.45, 7) is 0. The zero-order chi connectivity index (χ0) is 0. The number of rotatable bonds is 0. The molecular formula is H3I3Tl. The summed E-state index contributed by atoms with van der Waals surface area (Å²) in [6, 6.07) is 0. The van der Waals surface area contributed by atoms with E-state index in [2.05, 4.69) is 0 Å². The van der Waals surface area contributed by atoms with Crippen LogP contribution in [0, 0.1) is 0 Å². The van der Waals surface area contributed by atoms with Gasteiger partial charge in [0.15, 0.2) is 0 Å². The fourth-order valence-corrected chi connectivity index (χ4v) is 0. The Morgan fingerprint density at radius 1 is 0.500 bits per heavy atom. The molecule has 0 bridgehead atoms. The van der Waals surface area contributed by atoms with E-state index in [0.29, 0.717) is 0 Å². The van der Waals surface area contributed by atoms with Gasteiger partial charge in [0, 0.05) is 27.3 Å². The fraction of sp³-hybridized carbons (Fsp3) is 0. The van der Waals surface area contributed by atoms with Gasteiger partial charge >= 0.3 is 0 Å². The minimum absolute atomic E-state index is 0. The van der Waals surface area contributed by atoms with Gasteiger partial charge in [-0.1, -0.05) is 0 Å². The van der Waals surface area contributed by atoms with Crippen molar-refractivity contribution in [3.05, 3.63) is 0 Å². The largest absolute Gasteiger partial charge is 0.107 e. The Morgan fingerprint density at radius 2 is 0.500 bits per heavy atom. The van der Waals surface area contributed by atoms with E-state index in [1.165, 1.54) is 0 Å². The molecule has 0 aliphatic rings. The fourth-order valence-electron chi connectivity index (χ4n) is 0. The van der Waals surface area contributed by atoms with Crippen molar-refractivity contribution >= 4 is 99.2 Å². The van der Waals surface area contributed by atoms with Gasteiger partial charge in [-0.2, -0.15) is 0 Å². The molecule has 0 heterocycles. The van der Waals surface area contributed by atoms with Crippen molar-refractivity contribution in [2.24, 2.45) is 0 Å². The van der Waals surface area contributed by atoms with E-state index in [9.17, 15) is 0 Å². The maximum absolute atomic E-state index is 0. The van der Waals surface area contributed by atoms with Crippen molar-refractivity contribution in [1.82, 2.24) is 0 Å². The van der Waals surface area contributed by atoms with Crippen LogP contribution in [0.25, 0.3) is 0 Å². The number of halogens is 3. The van der Waals surface area contributed by atoms with Gasteiger partial charge in [0.25, 0.3) is 0 Å². The van der Waals surface area contributed by atoms with Crippen LogP contribution >= 0.6 is 71.9 Å². The Hall–Kier alpha value is 3.11. The van der Waals surface area contributed by atoms with Crippen molar-refractivity contribution in [3.63, 3.8) is 0 Å². The van der Waals surface area contributed by atoms with E-state index in [-0.39, 0.29) is 99.2 Å². The molecule has 0 rings (SSSR count). The first-order chi connectivity index (χ1) is 0. The van der Waals surface area contributed by atoms with Gasteiger partial charge in [-0.3, -0.25) is 0 Å². The van der Waals surface area contributed by atoms with Gasteiger partial charge < -0.3 is 0 Å². The smallest absolute Gasteiger partial charge is 0 e. The number of hydrogen-bond donors (Lipinski definition) is 0. The SMILES string of the molecule is I.I.I.[Tl]. The van der Waals surface area contributed by atoms with Gasteiger partial charge in [-0.25, -0.2) is 0 Å². The zero-order valence-corrected chi connectivity index (χ0v) is 13.3. The Balaban J connectivity index is 0. The predicted molar refractivity (Wildman–Crippen MR) is 52.0 cm³/mol. The summed E-state index contributed by atoms with van der Waals surface area (Å²) in [6.07, 6.45) is 0. The first-order valence-corrected chi connectivity index (χ1v) is 0. The summed E-state index contributed by atoms with van der Waals surface area (Å²) in [5.41, 5.74) is 0. The van der Waals surface area contributed by atoms with Crippen LogP contribution in [0.1, 0.15) is 0 Å². The average Bonchev–Trinajstić information content (AvgIpc) is 0. The molecule has 0 fully saturated rings. The second-order valence-electron chi connectivity index (χ2n) is 0. The Labute approximate surface area is 97.1 Å². The van der Waals surface area contributed by atoms with Crippen LogP contribution in [0.4, 0.5) is 0 Å². The average molecular weight is 588 g/mol. The molecule has 0 saturated carbocycles. The van der Waals surface area contributed by atoms with E-state index < -0.39 is 0 Å². The molecular weight excluding hydrogens is 585 g/mol. The molecule has 0 N–H and O–H groups in total. The van der Waals surface area contributed by atoms with Crippen LogP contribution in [0.15, 0.2) is 0 Å². The minimum atomic E-state index is 0. The van der Waals surface area contributed by atoms with E-state index in [1.807, 2.05) is 0 Å². The monoisotopic (exact) mass is 589 g/mol. The normalized spacial score (nSPS) is 0. The zero-order valence-electron chi connectivity index (χ0n) is 1.80. The first-order valence-electron chi connectivity index (χ1n) is 0. The molecule has 0 nitrogen and oxygen atoms in total. The second kappa shape index (κ2) is 16.5. The van der Waals surface area contributed by atoms with Crippen molar-refractivity contribution in [2.45, 2.75) is 0 Å². The summed E-state index contributed by atoms with van der Waals surface area (Å²) >= 11 is 0. The van der Waals surface area contributed by atoms with Gasteiger partial charge in [0.05, 0.1) is 0 Å². The van der Waals surface area contributed by atoms with E-state index in [1.54, 1.807) is 0 Å². The van der Waals surface area contributed by atoms with Crippen LogP contribution in [-0.4, -0.2) is 27.3 Å². The summed E-state index contributed by atoms with van der Waals surface area (Å²) in [7, 11) is 0. The second-order valence-corrected chi connectivity index (χ2v) is 0. The quantitative estimate of drug-likeness (QED) is 0.298. The van der Waals surface area contributed by atoms with Crippen LogP contribution in [0.3, 0.4) is 0 Å². The van der Waals surface area contributed by atoms with Crippen molar-refractivity contribution in [2.75, 3.05) is 0 Å². The van der Waals surface area contributed by atoms with Gasteiger partial charge in [0.1, 0.15) is 0 Å². The first kappa shape index (κ1) is 27.4. The third-order valence-corrected chi connectivity index (χ3v) is 0. The summed E-state index contributed by atoms with van der Waals surface area (Å²) in [5.74, 6) is 0. The van der Waals surface area contributed by atoms with Gasteiger partial charge in [0.2, 0.25) is 0 Å². The van der Waals surface area contributed by atoms with Crippen molar-refractivity contribution in [3.8, 4) is 0 Å². The molecule has 4 heteroatoms. The van der Waals surface area contributed by atoms with Crippen LogP contribution in [0.2, 0.25) is 0 Å². The molecule has 1 radical (unpaired) electrons. The van der Waals surface area contributed by atoms with E-state index in [0.717, 1.165) is 0 Å². The molecule has 0 unspecified atom stereocenters. The van der Waals surface area contributed by atoms with Crippen molar-refractivity contribution < 1.29 is 0 Å². The minimum Gasteiger partial charge on any atom is -0.107 e. The van der Waals surface area contributed by atoms with Crippen LogP contribution in [0.5, 0.6) is 0 Å². The maximum atomic E-state index is 0. The predicted octanol–water partition coefficient (Wildman–Crippen LogP) is 1.47. The van der Waals surface area contributed by atoms with Gasteiger partial charge in [-0.05, 0) is 0 Å². The summed E-state index contributed by atoms with van der Waals surface area (Å²) in [5, 5.41) is 0. The molecule has 0 amide bonds. The van der Waals surface area contributed by atoms with E-state index in [4.69, 9.17) is 0 Å². The Bertz CT molecular complexity index is 3.25. The molecule has 0 aromatic heterocycles. The molecule has 0 saturated heterocycles.